The Balaban J connectivity index is 1.69. The second kappa shape index (κ2) is 8.70. The lowest BCUT2D eigenvalue weighted by molar-refractivity contribution is -0.128. The molecule has 2 atom stereocenters. The van der Waals surface area contributed by atoms with Crippen LogP contribution in [0.2, 0.25) is 0 Å². The Morgan fingerprint density at radius 1 is 1.15 bits per heavy atom. The molecule has 0 aromatic heterocycles. The minimum Gasteiger partial charge on any atom is -0.356 e. The van der Waals surface area contributed by atoms with E-state index in [0.29, 0.717) is 12.5 Å². The second-order valence-corrected chi connectivity index (χ2v) is 9.57. The summed E-state index contributed by atoms with van der Waals surface area (Å²) in [7, 11) is 0. The molecule has 26 heavy (non-hydrogen) atoms. The van der Waals surface area contributed by atoms with E-state index in [-0.39, 0.29) is 28.8 Å². The van der Waals surface area contributed by atoms with Crippen molar-refractivity contribution in [1.82, 2.24) is 15.5 Å². The predicted molar refractivity (Wildman–Crippen MR) is 105 cm³/mol. The van der Waals surface area contributed by atoms with Gasteiger partial charge < -0.3 is 16.4 Å². The molecule has 2 rings (SSSR count). The van der Waals surface area contributed by atoms with Crippen molar-refractivity contribution >= 4 is 11.8 Å². The Hall–Kier alpha value is -1.14. The number of carbonyl (C=O) groups excluding carboxylic acids is 2. The minimum atomic E-state index is -0.369. The van der Waals surface area contributed by atoms with E-state index < -0.39 is 0 Å². The molecule has 1 saturated heterocycles. The van der Waals surface area contributed by atoms with Crippen LogP contribution in [0.25, 0.3) is 0 Å². The molecule has 0 radical (unpaired) electrons. The monoisotopic (exact) mass is 366 g/mol. The summed E-state index contributed by atoms with van der Waals surface area (Å²) in [6.07, 6.45) is 6.10. The number of hydrogen-bond acceptors (Lipinski definition) is 4. The van der Waals surface area contributed by atoms with E-state index in [4.69, 9.17) is 5.73 Å². The molecular formula is C20H38N4O2. The standard InChI is InChI=1S/C20H38N4O2/c1-19(2,3)23-17(25)14-24-11-8-15(9-12-24)13-22-18(26)16-7-5-6-10-20(16,4)21/h15-16H,5-14,21H2,1-4H3,(H,22,26)(H,23,25). The quantitative estimate of drug-likeness (QED) is 0.690. The van der Waals surface area contributed by atoms with Crippen molar-refractivity contribution in [3.8, 4) is 0 Å². The SMILES string of the molecule is CC(C)(C)NC(=O)CN1CCC(CNC(=O)C2CCCCC2(C)N)CC1. The van der Waals surface area contributed by atoms with Crippen molar-refractivity contribution in [2.75, 3.05) is 26.2 Å². The van der Waals surface area contributed by atoms with Crippen LogP contribution in [0.3, 0.4) is 0 Å². The molecule has 1 heterocycles. The number of likely N-dealkylation sites (tertiary alicyclic amines) is 1. The summed E-state index contributed by atoms with van der Waals surface area (Å²) in [5, 5.41) is 6.16. The molecule has 2 fully saturated rings. The first-order chi connectivity index (χ1) is 12.1. The van der Waals surface area contributed by atoms with Gasteiger partial charge in [0.25, 0.3) is 0 Å². The van der Waals surface area contributed by atoms with Gasteiger partial charge in [-0.15, -0.1) is 0 Å². The van der Waals surface area contributed by atoms with Gasteiger partial charge in [-0.3, -0.25) is 14.5 Å². The maximum Gasteiger partial charge on any atom is 0.234 e. The average molecular weight is 367 g/mol. The van der Waals surface area contributed by atoms with Crippen molar-refractivity contribution in [2.24, 2.45) is 17.6 Å². The van der Waals surface area contributed by atoms with Gasteiger partial charge in [0.15, 0.2) is 0 Å². The summed E-state index contributed by atoms with van der Waals surface area (Å²) in [5.41, 5.74) is 5.78. The Bertz CT molecular complexity index is 491. The normalized spacial score (nSPS) is 28.6. The van der Waals surface area contributed by atoms with Gasteiger partial charge in [0.1, 0.15) is 0 Å². The summed E-state index contributed by atoms with van der Waals surface area (Å²) in [4.78, 5) is 26.8. The Kier molecular flexibility index (Phi) is 7.08. The highest BCUT2D eigenvalue weighted by Crippen LogP contribution is 2.31. The first-order valence-corrected chi connectivity index (χ1v) is 10.2. The Labute approximate surface area is 158 Å². The molecule has 2 amide bonds. The molecule has 2 unspecified atom stereocenters. The molecule has 1 aliphatic heterocycles. The summed E-state index contributed by atoms with van der Waals surface area (Å²) >= 11 is 0. The van der Waals surface area contributed by atoms with Crippen LogP contribution in [0.4, 0.5) is 0 Å². The van der Waals surface area contributed by atoms with Gasteiger partial charge in [-0.2, -0.15) is 0 Å². The van der Waals surface area contributed by atoms with Gasteiger partial charge in [0.2, 0.25) is 11.8 Å². The maximum absolute atomic E-state index is 12.5. The third-order valence-electron chi connectivity index (χ3n) is 5.72. The molecule has 0 aromatic rings. The van der Waals surface area contributed by atoms with Crippen LogP contribution < -0.4 is 16.4 Å². The molecule has 2 aliphatic rings. The summed E-state index contributed by atoms with van der Waals surface area (Å²) in [6, 6.07) is 0. The number of nitrogens with two attached hydrogens (primary N) is 1. The lowest BCUT2D eigenvalue weighted by Gasteiger charge is -2.38. The molecule has 6 heteroatoms. The molecule has 6 nitrogen and oxygen atoms in total. The topological polar surface area (TPSA) is 87.5 Å². The highest BCUT2D eigenvalue weighted by atomic mass is 16.2. The van der Waals surface area contributed by atoms with Gasteiger partial charge in [-0.05, 0) is 72.4 Å². The van der Waals surface area contributed by atoms with E-state index >= 15 is 0 Å². The second-order valence-electron chi connectivity index (χ2n) is 9.57. The number of piperidine rings is 1. The lowest BCUT2D eigenvalue weighted by Crippen LogP contribution is -2.53. The van der Waals surface area contributed by atoms with Gasteiger partial charge in [0, 0.05) is 17.6 Å². The Morgan fingerprint density at radius 3 is 2.38 bits per heavy atom. The highest BCUT2D eigenvalue weighted by molar-refractivity contribution is 5.80. The van der Waals surface area contributed by atoms with Crippen LogP contribution in [0, 0.1) is 11.8 Å². The minimum absolute atomic E-state index is 0.0579. The molecule has 1 aliphatic carbocycles. The zero-order valence-electron chi connectivity index (χ0n) is 17.1. The van der Waals surface area contributed by atoms with Crippen LogP contribution in [-0.4, -0.2) is 54.0 Å². The maximum atomic E-state index is 12.5. The first kappa shape index (κ1) is 21.2. The summed E-state index contributed by atoms with van der Waals surface area (Å²) < 4.78 is 0. The fourth-order valence-corrected chi connectivity index (χ4v) is 4.17. The van der Waals surface area contributed by atoms with E-state index in [1.165, 1.54) is 0 Å². The number of amides is 2. The zero-order valence-corrected chi connectivity index (χ0v) is 17.1. The lowest BCUT2D eigenvalue weighted by atomic mass is 9.74. The third-order valence-corrected chi connectivity index (χ3v) is 5.72. The molecule has 4 N–H and O–H groups in total. The molecule has 0 bridgehead atoms. The number of rotatable bonds is 5. The van der Waals surface area contributed by atoms with E-state index in [2.05, 4.69) is 15.5 Å². The van der Waals surface area contributed by atoms with Crippen LogP contribution in [0.15, 0.2) is 0 Å². The van der Waals surface area contributed by atoms with Gasteiger partial charge in [-0.1, -0.05) is 12.8 Å². The predicted octanol–water partition coefficient (Wildman–Crippen LogP) is 1.64. The van der Waals surface area contributed by atoms with Gasteiger partial charge >= 0.3 is 0 Å². The van der Waals surface area contributed by atoms with Crippen molar-refractivity contribution in [1.29, 1.82) is 0 Å². The highest BCUT2D eigenvalue weighted by Gasteiger charge is 2.37. The molecular weight excluding hydrogens is 328 g/mol. The third kappa shape index (κ3) is 6.54. The fraction of sp³-hybridized carbons (Fsp3) is 0.900. The van der Waals surface area contributed by atoms with Crippen LogP contribution in [0.1, 0.15) is 66.2 Å². The number of carbonyl (C=O) groups is 2. The largest absolute Gasteiger partial charge is 0.356 e. The van der Waals surface area contributed by atoms with E-state index in [1.54, 1.807) is 0 Å². The molecule has 0 spiro atoms. The zero-order chi connectivity index (χ0) is 19.4. The van der Waals surface area contributed by atoms with Gasteiger partial charge in [0.05, 0.1) is 12.5 Å². The number of hydrogen-bond donors (Lipinski definition) is 3. The summed E-state index contributed by atoms with van der Waals surface area (Å²) in [5.74, 6) is 0.649. The molecule has 0 aromatic carbocycles. The average Bonchev–Trinajstić information content (AvgIpc) is 2.51. The first-order valence-electron chi connectivity index (χ1n) is 10.2. The van der Waals surface area contributed by atoms with Crippen molar-refractivity contribution < 1.29 is 9.59 Å². The van der Waals surface area contributed by atoms with E-state index in [9.17, 15) is 9.59 Å². The van der Waals surface area contributed by atoms with E-state index in [1.807, 2.05) is 27.7 Å². The van der Waals surface area contributed by atoms with Crippen LogP contribution in [0.5, 0.6) is 0 Å². The summed E-state index contributed by atoms with van der Waals surface area (Å²) in [6.45, 7) is 11.0. The number of nitrogens with one attached hydrogen (secondary N) is 2. The van der Waals surface area contributed by atoms with Crippen LogP contribution in [-0.2, 0) is 9.59 Å². The van der Waals surface area contributed by atoms with E-state index in [0.717, 1.165) is 58.2 Å². The van der Waals surface area contributed by atoms with Crippen molar-refractivity contribution in [3.05, 3.63) is 0 Å². The fourth-order valence-electron chi connectivity index (χ4n) is 4.17. The Morgan fingerprint density at radius 2 is 1.81 bits per heavy atom. The van der Waals surface area contributed by atoms with Crippen molar-refractivity contribution in [2.45, 2.75) is 77.3 Å². The molecule has 150 valence electrons. The van der Waals surface area contributed by atoms with Crippen molar-refractivity contribution in [3.63, 3.8) is 0 Å². The molecule has 1 saturated carbocycles. The number of nitrogens with zero attached hydrogens (tertiary/aromatic N) is 1. The van der Waals surface area contributed by atoms with Gasteiger partial charge in [-0.25, -0.2) is 0 Å². The van der Waals surface area contributed by atoms with Crippen LogP contribution >= 0.6 is 0 Å². The smallest absolute Gasteiger partial charge is 0.234 e.